The predicted octanol–water partition coefficient (Wildman–Crippen LogP) is 3.32. The monoisotopic (exact) mass is 373 g/mol. The molecule has 1 aliphatic heterocycles. The van der Waals surface area contributed by atoms with E-state index in [1.807, 2.05) is 6.26 Å². The number of anilines is 1. The molecule has 0 spiro atoms. The maximum absolute atomic E-state index is 13.9. The molecule has 0 radical (unpaired) electrons. The third-order valence-corrected chi connectivity index (χ3v) is 5.76. The van der Waals surface area contributed by atoms with Gasteiger partial charge in [0.1, 0.15) is 11.6 Å². The first-order valence-electron chi connectivity index (χ1n) is 9.14. The summed E-state index contributed by atoms with van der Waals surface area (Å²) in [5.41, 5.74) is 1.90. The Morgan fingerprint density at radius 2 is 2.12 bits per heavy atom. The molecule has 1 saturated heterocycles. The standard InChI is InChI=1S/C19H24FN5S/c1-13-11-25(8-7-24(13)12-15-5-6-21-10-16(15)20)18-9-17(14-3-4-14)22-19(23-18)26-2/h5-6,9-10,13-14H,3-4,7-8,11-12H2,1-2H3. The van der Waals surface area contributed by atoms with Gasteiger partial charge in [0.25, 0.3) is 0 Å². The zero-order valence-electron chi connectivity index (χ0n) is 15.2. The van der Waals surface area contributed by atoms with Crippen LogP contribution in [-0.2, 0) is 6.54 Å². The minimum Gasteiger partial charge on any atom is -0.354 e. The summed E-state index contributed by atoms with van der Waals surface area (Å²) >= 11 is 1.60. The Morgan fingerprint density at radius 1 is 1.27 bits per heavy atom. The van der Waals surface area contributed by atoms with E-state index in [-0.39, 0.29) is 5.82 Å². The Morgan fingerprint density at radius 3 is 2.81 bits per heavy atom. The van der Waals surface area contributed by atoms with Crippen LogP contribution in [0.5, 0.6) is 0 Å². The van der Waals surface area contributed by atoms with Gasteiger partial charge >= 0.3 is 0 Å². The smallest absolute Gasteiger partial charge is 0.189 e. The van der Waals surface area contributed by atoms with Crippen molar-refractivity contribution in [3.63, 3.8) is 0 Å². The molecule has 0 aromatic carbocycles. The van der Waals surface area contributed by atoms with Crippen LogP contribution in [0.1, 0.15) is 36.9 Å². The number of hydrogen-bond donors (Lipinski definition) is 0. The summed E-state index contributed by atoms with van der Waals surface area (Å²) in [4.78, 5) is 17.9. The summed E-state index contributed by atoms with van der Waals surface area (Å²) in [6.07, 6.45) is 7.46. The molecule has 1 unspecified atom stereocenters. The number of aromatic nitrogens is 3. The zero-order chi connectivity index (χ0) is 18.1. The van der Waals surface area contributed by atoms with Gasteiger partial charge in [-0.05, 0) is 32.1 Å². The van der Waals surface area contributed by atoms with E-state index in [0.29, 0.717) is 24.1 Å². The molecule has 3 heterocycles. The number of piperazine rings is 1. The molecule has 5 nitrogen and oxygen atoms in total. The van der Waals surface area contributed by atoms with E-state index >= 15 is 0 Å². The average molecular weight is 374 g/mol. The van der Waals surface area contributed by atoms with Gasteiger partial charge in [0.05, 0.1) is 11.9 Å². The van der Waals surface area contributed by atoms with Crippen LogP contribution in [0.3, 0.4) is 0 Å². The maximum atomic E-state index is 13.9. The van der Waals surface area contributed by atoms with E-state index in [2.05, 4.69) is 32.8 Å². The van der Waals surface area contributed by atoms with E-state index in [0.717, 1.165) is 30.6 Å². The Bertz CT molecular complexity index is 782. The van der Waals surface area contributed by atoms with E-state index < -0.39 is 0 Å². The molecule has 0 N–H and O–H groups in total. The number of nitrogens with zero attached hydrogens (tertiary/aromatic N) is 5. The van der Waals surface area contributed by atoms with E-state index in [4.69, 9.17) is 4.98 Å². The van der Waals surface area contributed by atoms with Crippen molar-refractivity contribution in [2.24, 2.45) is 0 Å². The van der Waals surface area contributed by atoms with Gasteiger partial charge in [-0.1, -0.05) is 11.8 Å². The second kappa shape index (κ2) is 7.48. The number of hydrogen-bond acceptors (Lipinski definition) is 6. The molecule has 2 aromatic rings. The van der Waals surface area contributed by atoms with Crippen molar-refractivity contribution in [2.45, 2.75) is 43.4 Å². The summed E-state index contributed by atoms with van der Waals surface area (Å²) in [7, 11) is 0. The number of rotatable bonds is 5. The number of pyridine rings is 1. The van der Waals surface area contributed by atoms with Crippen molar-refractivity contribution in [3.8, 4) is 0 Å². The number of halogens is 1. The molecule has 0 amide bonds. The summed E-state index contributed by atoms with van der Waals surface area (Å²) in [6.45, 7) is 5.49. The lowest BCUT2D eigenvalue weighted by atomic mass is 10.1. The van der Waals surface area contributed by atoms with Gasteiger partial charge in [-0.3, -0.25) is 9.88 Å². The lowest BCUT2D eigenvalue weighted by Gasteiger charge is -2.40. The molecule has 1 aliphatic carbocycles. The van der Waals surface area contributed by atoms with Crippen LogP contribution in [0, 0.1) is 5.82 Å². The Labute approximate surface area is 158 Å². The predicted molar refractivity (Wildman–Crippen MR) is 102 cm³/mol. The highest BCUT2D eigenvalue weighted by Gasteiger charge is 2.29. The van der Waals surface area contributed by atoms with Crippen LogP contribution >= 0.6 is 11.8 Å². The van der Waals surface area contributed by atoms with Gasteiger partial charge in [0.15, 0.2) is 5.16 Å². The largest absolute Gasteiger partial charge is 0.354 e. The van der Waals surface area contributed by atoms with Gasteiger partial charge in [-0.15, -0.1) is 0 Å². The maximum Gasteiger partial charge on any atom is 0.189 e. The highest BCUT2D eigenvalue weighted by Crippen LogP contribution is 2.40. The van der Waals surface area contributed by atoms with Crippen LogP contribution in [0.25, 0.3) is 0 Å². The normalized spacial score (nSPS) is 21.2. The van der Waals surface area contributed by atoms with Crippen molar-refractivity contribution in [3.05, 3.63) is 41.6 Å². The topological polar surface area (TPSA) is 45.2 Å². The summed E-state index contributed by atoms with van der Waals surface area (Å²) in [6, 6.07) is 4.27. The van der Waals surface area contributed by atoms with E-state index in [1.165, 1.54) is 24.7 Å². The molecule has 4 rings (SSSR count). The van der Waals surface area contributed by atoms with Crippen LogP contribution in [0.4, 0.5) is 10.2 Å². The molecule has 2 aromatic heterocycles. The summed E-state index contributed by atoms with van der Waals surface area (Å²) < 4.78 is 13.9. The zero-order valence-corrected chi connectivity index (χ0v) is 16.0. The minimum atomic E-state index is -0.225. The molecule has 138 valence electrons. The van der Waals surface area contributed by atoms with Crippen molar-refractivity contribution in [1.82, 2.24) is 19.9 Å². The molecule has 26 heavy (non-hydrogen) atoms. The molecule has 0 bridgehead atoms. The highest BCUT2D eigenvalue weighted by molar-refractivity contribution is 7.98. The molecular formula is C19H24FN5S. The first-order valence-corrected chi connectivity index (χ1v) is 10.4. The third kappa shape index (κ3) is 3.83. The van der Waals surface area contributed by atoms with Crippen molar-refractivity contribution in [1.29, 1.82) is 0 Å². The Hall–Kier alpha value is -1.73. The lowest BCUT2D eigenvalue weighted by molar-refractivity contribution is 0.178. The van der Waals surface area contributed by atoms with Crippen molar-refractivity contribution >= 4 is 17.6 Å². The van der Waals surface area contributed by atoms with Crippen molar-refractivity contribution in [2.75, 3.05) is 30.8 Å². The van der Waals surface area contributed by atoms with Gasteiger partial charge in [-0.2, -0.15) is 0 Å². The van der Waals surface area contributed by atoms with Gasteiger partial charge in [-0.25, -0.2) is 14.4 Å². The first-order chi connectivity index (χ1) is 12.6. The molecule has 1 saturated carbocycles. The summed E-state index contributed by atoms with van der Waals surface area (Å²) in [5.74, 6) is 1.43. The van der Waals surface area contributed by atoms with Gasteiger partial charge in [0.2, 0.25) is 0 Å². The van der Waals surface area contributed by atoms with Crippen LogP contribution < -0.4 is 4.90 Å². The van der Waals surface area contributed by atoms with Crippen LogP contribution in [0.2, 0.25) is 0 Å². The second-order valence-corrected chi connectivity index (χ2v) is 7.92. The summed E-state index contributed by atoms with van der Waals surface area (Å²) in [5, 5.41) is 0.860. The lowest BCUT2D eigenvalue weighted by Crippen LogP contribution is -2.51. The van der Waals surface area contributed by atoms with Gasteiger partial charge < -0.3 is 4.90 Å². The van der Waals surface area contributed by atoms with Crippen molar-refractivity contribution < 1.29 is 4.39 Å². The molecule has 1 atom stereocenters. The molecular weight excluding hydrogens is 349 g/mol. The van der Waals surface area contributed by atoms with E-state index in [9.17, 15) is 4.39 Å². The minimum absolute atomic E-state index is 0.225. The fraction of sp³-hybridized carbons (Fsp3) is 0.526. The highest BCUT2D eigenvalue weighted by atomic mass is 32.2. The van der Waals surface area contributed by atoms with Gasteiger partial charge in [0, 0.05) is 56.0 Å². The number of thioether (sulfide) groups is 1. The average Bonchev–Trinajstić information content (AvgIpc) is 3.50. The fourth-order valence-corrected chi connectivity index (χ4v) is 3.84. The van der Waals surface area contributed by atoms with Crippen LogP contribution in [-0.4, -0.2) is 51.8 Å². The molecule has 7 heteroatoms. The molecule has 2 fully saturated rings. The Balaban J connectivity index is 1.47. The van der Waals surface area contributed by atoms with Crippen LogP contribution in [0.15, 0.2) is 29.7 Å². The first kappa shape index (κ1) is 17.7. The quantitative estimate of drug-likeness (QED) is 0.592. The fourth-order valence-electron chi connectivity index (χ4n) is 3.46. The SMILES string of the molecule is CSc1nc(C2CC2)cc(N2CCN(Cc3ccncc3F)C(C)C2)n1. The third-order valence-electron chi connectivity index (χ3n) is 5.21. The second-order valence-electron chi connectivity index (χ2n) is 7.14. The van der Waals surface area contributed by atoms with E-state index in [1.54, 1.807) is 24.0 Å². The Kier molecular flexibility index (Phi) is 5.09. The molecule has 2 aliphatic rings.